The highest BCUT2D eigenvalue weighted by atomic mass is 16.5. The number of hydrogen-bond acceptors (Lipinski definition) is 3. The van der Waals surface area contributed by atoms with Crippen LogP contribution in [-0.2, 0) is 6.54 Å². The first-order valence-corrected chi connectivity index (χ1v) is 7.41. The largest absolute Gasteiger partial charge is 0.359 e. The lowest BCUT2D eigenvalue weighted by atomic mass is 9.98. The first kappa shape index (κ1) is 14.9. The molecule has 2 aromatic heterocycles. The molecule has 1 unspecified atom stereocenters. The third kappa shape index (κ3) is 3.73. The van der Waals surface area contributed by atoms with Crippen LogP contribution in [0.3, 0.4) is 0 Å². The van der Waals surface area contributed by atoms with E-state index in [2.05, 4.69) is 54.3 Å². The van der Waals surface area contributed by atoms with Crippen LogP contribution >= 0.6 is 0 Å². The van der Waals surface area contributed by atoms with Gasteiger partial charge in [0.2, 0.25) is 0 Å². The van der Waals surface area contributed by atoms with Crippen molar-refractivity contribution >= 4 is 0 Å². The number of aryl methyl sites for hydroxylation is 1. The average Bonchev–Trinajstić information content (AvgIpc) is 3.00. The Kier molecular flexibility index (Phi) is 5.01. The van der Waals surface area contributed by atoms with E-state index in [0.717, 1.165) is 31.0 Å². The van der Waals surface area contributed by atoms with E-state index in [4.69, 9.17) is 4.52 Å². The quantitative estimate of drug-likeness (QED) is 0.840. The Balaban J connectivity index is 2.06. The molecule has 1 atom stereocenters. The predicted octanol–water partition coefficient (Wildman–Crippen LogP) is 3.53. The van der Waals surface area contributed by atoms with E-state index in [1.54, 1.807) is 0 Å². The second-order valence-electron chi connectivity index (χ2n) is 5.73. The van der Waals surface area contributed by atoms with Gasteiger partial charge in [0.1, 0.15) is 0 Å². The highest BCUT2D eigenvalue weighted by Crippen LogP contribution is 2.22. The topological polar surface area (TPSA) is 43.0 Å². The normalized spacial score (nSPS) is 13.1. The molecule has 0 aromatic carbocycles. The van der Waals surface area contributed by atoms with Crippen molar-refractivity contribution in [1.82, 2.24) is 15.0 Å². The van der Waals surface area contributed by atoms with Gasteiger partial charge in [0.05, 0.1) is 12.2 Å². The molecule has 1 N–H and O–H groups in total. The van der Waals surface area contributed by atoms with Crippen molar-refractivity contribution < 1.29 is 4.52 Å². The van der Waals surface area contributed by atoms with Gasteiger partial charge in [0.15, 0.2) is 5.76 Å². The van der Waals surface area contributed by atoms with Gasteiger partial charge in [-0.2, -0.15) is 0 Å². The van der Waals surface area contributed by atoms with E-state index in [0.29, 0.717) is 12.0 Å². The summed E-state index contributed by atoms with van der Waals surface area (Å²) in [5.74, 6) is 1.47. The molecule has 0 bridgehead atoms. The summed E-state index contributed by atoms with van der Waals surface area (Å²) in [6.45, 7) is 10.4. The lowest BCUT2D eigenvalue weighted by Gasteiger charge is -2.21. The van der Waals surface area contributed by atoms with Crippen molar-refractivity contribution in [3.05, 3.63) is 41.5 Å². The lowest BCUT2D eigenvalue weighted by molar-refractivity contribution is 0.372. The molecule has 2 rings (SSSR count). The number of hydrogen-bond donors (Lipinski definition) is 1. The fourth-order valence-corrected chi connectivity index (χ4v) is 2.45. The zero-order valence-corrected chi connectivity index (χ0v) is 12.9. The summed E-state index contributed by atoms with van der Waals surface area (Å²) in [5.41, 5.74) is 2.27. The van der Waals surface area contributed by atoms with Crippen LogP contribution in [0, 0.1) is 12.8 Å². The molecule has 2 heterocycles. The van der Waals surface area contributed by atoms with Crippen LogP contribution in [0.5, 0.6) is 0 Å². The fourth-order valence-electron chi connectivity index (χ4n) is 2.45. The maximum Gasteiger partial charge on any atom is 0.156 e. The molecule has 4 heteroatoms. The van der Waals surface area contributed by atoms with Crippen LogP contribution < -0.4 is 5.32 Å². The van der Waals surface area contributed by atoms with E-state index in [9.17, 15) is 0 Å². The minimum Gasteiger partial charge on any atom is -0.359 e. The van der Waals surface area contributed by atoms with Gasteiger partial charge in [-0.15, -0.1) is 0 Å². The molecule has 0 aliphatic heterocycles. The standard InChI is InChI=1S/C16H25N3O/c1-5-7-17-16(12(2)3)14-6-8-19(10-14)11-15-9-13(4)18-20-15/h6,8-10,12,16-17H,5,7,11H2,1-4H3. The third-order valence-electron chi connectivity index (χ3n) is 3.43. The van der Waals surface area contributed by atoms with E-state index in [1.165, 1.54) is 5.56 Å². The molecule has 0 fully saturated rings. The van der Waals surface area contributed by atoms with Crippen LogP contribution in [0.2, 0.25) is 0 Å². The van der Waals surface area contributed by atoms with E-state index < -0.39 is 0 Å². The van der Waals surface area contributed by atoms with Gasteiger partial charge < -0.3 is 14.4 Å². The maximum absolute atomic E-state index is 5.26. The lowest BCUT2D eigenvalue weighted by Crippen LogP contribution is -2.26. The highest BCUT2D eigenvalue weighted by Gasteiger charge is 2.16. The third-order valence-corrected chi connectivity index (χ3v) is 3.43. The van der Waals surface area contributed by atoms with Crippen molar-refractivity contribution in [2.24, 2.45) is 5.92 Å². The fraction of sp³-hybridized carbons (Fsp3) is 0.562. The minimum absolute atomic E-state index is 0.410. The van der Waals surface area contributed by atoms with Crippen molar-refractivity contribution in [3.8, 4) is 0 Å². The van der Waals surface area contributed by atoms with Crippen LogP contribution in [0.25, 0.3) is 0 Å². The summed E-state index contributed by atoms with van der Waals surface area (Å²) < 4.78 is 7.41. The van der Waals surface area contributed by atoms with Gasteiger partial charge in [-0.3, -0.25) is 0 Å². The van der Waals surface area contributed by atoms with E-state index >= 15 is 0 Å². The monoisotopic (exact) mass is 275 g/mol. The molecule has 0 radical (unpaired) electrons. The Morgan fingerprint density at radius 2 is 2.20 bits per heavy atom. The van der Waals surface area contributed by atoms with E-state index in [1.807, 2.05) is 13.0 Å². The van der Waals surface area contributed by atoms with Crippen LogP contribution in [-0.4, -0.2) is 16.3 Å². The Hall–Kier alpha value is -1.55. The molecule has 0 aliphatic rings. The Bertz CT molecular complexity index is 527. The molecular weight excluding hydrogens is 250 g/mol. The molecule has 4 nitrogen and oxygen atoms in total. The van der Waals surface area contributed by atoms with Crippen molar-refractivity contribution in [2.75, 3.05) is 6.54 Å². The summed E-state index contributed by atoms with van der Waals surface area (Å²) in [6, 6.07) is 4.58. The van der Waals surface area contributed by atoms with Gasteiger partial charge in [0, 0.05) is 24.5 Å². The Morgan fingerprint density at radius 3 is 2.80 bits per heavy atom. The molecular formula is C16H25N3O. The molecule has 0 aliphatic carbocycles. The molecule has 0 saturated heterocycles. The summed E-state index contributed by atoms with van der Waals surface area (Å²) in [4.78, 5) is 0. The van der Waals surface area contributed by atoms with Crippen LogP contribution in [0.15, 0.2) is 29.0 Å². The van der Waals surface area contributed by atoms with Gasteiger partial charge in [0.25, 0.3) is 0 Å². The van der Waals surface area contributed by atoms with Crippen molar-refractivity contribution in [1.29, 1.82) is 0 Å². The second-order valence-corrected chi connectivity index (χ2v) is 5.73. The first-order valence-electron chi connectivity index (χ1n) is 7.41. The number of nitrogens with one attached hydrogen (secondary N) is 1. The Morgan fingerprint density at radius 1 is 1.40 bits per heavy atom. The zero-order chi connectivity index (χ0) is 14.5. The van der Waals surface area contributed by atoms with Crippen LogP contribution in [0.4, 0.5) is 0 Å². The summed E-state index contributed by atoms with van der Waals surface area (Å²) in [6.07, 6.45) is 5.46. The minimum atomic E-state index is 0.410. The smallest absolute Gasteiger partial charge is 0.156 e. The second kappa shape index (κ2) is 6.75. The summed E-state index contributed by atoms with van der Waals surface area (Å²) in [7, 11) is 0. The van der Waals surface area contributed by atoms with Gasteiger partial charge in [-0.25, -0.2) is 0 Å². The first-order chi connectivity index (χ1) is 9.60. The molecule has 0 saturated carbocycles. The van der Waals surface area contributed by atoms with Gasteiger partial charge in [-0.1, -0.05) is 25.9 Å². The van der Waals surface area contributed by atoms with Crippen molar-refractivity contribution in [3.63, 3.8) is 0 Å². The number of rotatable bonds is 7. The SMILES string of the molecule is CCCNC(c1ccn(Cc2cc(C)no2)c1)C(C)C. The molecule has 20 heavy (non-hydrogen) atoms. The number of aromatic nitrogens is 2. The molecule has 0 amide bonds. The van der Waals surface area contributed by atoms with E-state index in [-0.39, 0.29) is 0 Å². The zero-order valence-electron chi connectivity index (χ0n) is 12.9. The summed E-state index contributed by atoms with van der Waals surface area (Å²) in [5, 5.41) is 7.54. The number of nitrogens with zero attached hydrogens (tertiary/aromatic N) is 2. The molecule has 0 spiro atoms. The van der Waals surface area contributed by atoms with Gasteiger partial charge in [-0.05, 0) is 37.4 Å². The average molecular weight is 275 g/mol. The van der Waals surface area contributed by atoms with Crippen molar-refractivity contribution in [2.45, 2.75) is 46.7 Å². The Labute approximate surface area is 121 Å². The highest BCUT2D eigenvalue weighted by molar-refractivity contribution is 5.17. The molecule has 2 aromatic rings. The summed E-state index contributed by atoms with van der Waals surface area (Å²) >= 11 is 0. The van der Waals surface area contributed by atoms with Crippen LogP contribution in [0.1, 0.15) is 50.3 Å². The predicted molar refractivity (Wildman–Crippen MR) is 80.6 cm³/mol. The molecule has 110 valence electrons. The van der Waals surface area contributed by atoms with Gasteiger partial charge >= 0.3 is 0 Å². The maximum atomic E-state index is 5.26.